The smallest absolute Gasteiger partial charge is 0.409 e. The Hall–Kier alpha value is -2.63. The topological polar surface area (TPSA) is 71.5 Å². The van der Waals surface area contributed by atoms with Gasteiger partial charge in [-0.1, -0.05) is 18.2 Å². The number of carbonyl (C=O) groups excluding carboxylic acids is 2. The summed E-state index contributed by atoms with van der Waals surface area (Å²) < 4.78 is 5.00. The quantitative estimate of drug-likeness (QED) is 0.940. The van der Waals surface area contributed by atoms with Crippen molar-refractivity contribution in [3.05, 3.63) is 42.1 Å². The maximum atomic E-state index is 12.4. The fourth-order valence-corrected chi connectivity index (χ4v) is 2.89. The molecule has 0 radical (unpaired) electrons. The van der Waals surface area contributed by atoms with Gasteiger partial charge in [-0.2, -0.15) is 0 Å². The van der Waals surface area contributed by atoms with Crippen LogP contribution < -0.4 is 5.32 Å². The third-order valence-electron chi connectivity index (χ3n) is 4.21. The number of pyridine rings is 1. The summed E-state index contributed by atoms with van der Waals surface area (Å²) in [6, 6.07) is 9.63. The highest BCUT2D eigenvalue weighted by Gasteiger charge is 2.24. The van der Waals surface area contributed by atoms with Crippen LogP contribution in [0.2, 0.25) is 0 Å². The zero-order valence-corrected chi connectivity index (χ0v) is 13.7. The molecule has 0 atom stereocenters. The number of carbonyl (C=O) groups is 2. The highest BCUT2D eigenvalue weighted by molar-refractivity contribution is 5.97. The van der Waals surface area contributed by atoms with Crippen LogP contribution in [0.4, 0.5) is 4.79 Å². The summed E-state index contributed by atoms with van der Waals surface area (Å²) in [5.41, 5.74) is 1.43. The Bertz CT molecular complexity index is 739. The predicted molar refractivity (Wildman–Crippen MR) is 90.8 cm³/mol. The number of amides is 2. The second-order valence-corrected chi connectivity index (χ2v) is 5.85. The molecular weight excluding hydrogens is 306 g/mol. The second kappa shape index (κ2) is 7.29. The van der Waals surface area contributed by atoms with Crippen molar-refractivity contribution in [2.24, 2.45) is 0 Å². The molecule has 2 heterocycles. The van der Waals surface area contributed by atoms with Gasteiger partial charge in [0.25, 0.3) is 5.91 Å². The number of aromatic nitrogens is 1. The maximum absolute atomic E-state index is 12.4. The summed E-state index contributed by atoms with van der Waals surface area (Å²) in [7, 11) is 0. The number of nitrogens with zero attached hydrogens (tertiary/aromatic N) is 2. The number of hydrogen-bond donors (Lipinski definition) is 1. The fourth-order valence-electron chi connectivity index (χ4n) is 2.89. The van der Waals surface area contributed by atoms with E-state index in [-0.39, 0.29) is 18.0 Å². The summed E-state index contributed by atoms with van der Waals surface area (Å²) in [4.78, 5) is 30.1. The normalized spacial score (nSPS) is 15.3. The molecule has 6 nitrogen and oxygen atoms in total. The molecule has 0 spiro atoms. The van der Waals surface area contributed by atoms with Crippen LogP contribution in [-0.2, 0) is 4.74 Å². The highest BCUT2D eigenvalue weighted by Crippen LogP contribution is 2.15. The summed E-state index contributed by atoms with van der Waals surface area (Å²) >= 11 is 0. The number of hydrogen-bond acceptors (Lipinski definition) is 4. The van der Waals surface area contributed by atoms with Gasteiger partial charge in [-0.25, -0.2) is 4.79 Å². The van der Waals surface area contributed by atoms with Gasteiger partial charge in [0.05, 0.1) is 17.7 Å². The summed E-state index contributed by atoms with van der Waals surface area (Å²) in [5.74, 6) is -0.122. The first kappa shape index (κ1) is 16.2. The number of ether oxygens (including phenoxy) is 1. The minimum Gasteiger partial charge on any atom is -0.450 e. The van der Waals surface area contributed by atoms with E-state index in [0.717, 1.165) is 23.7 Å². The summed E-state index contributed by atoms with van der Waals surface area (Å²) in [6.45, 7) is 3.37. The lowest BCUT2D eigenvalue weighted by Gasteiger charge is -2.31. The lowest BCUT2D eigenvalue weighted by Crippen LogP contribution is -2.46. The number of piperidine rings is 1. The summed E-state index contributed by atoms with van der Waals surface area (Å²) in [5, 5.41) is 3.98. The van der Waals surface area contributed by atoms with Crippen LogP contribution in [0.15, 0.2) is 36.5 Å². The fraction of sp³-hybridized carbons (Fsp3) is 0.389. The van der Waals surface area contributed by atoms with E-state index in [9.17, 15) is 9.59 Å². The minimum atomic E-state index is -0.277. The Morgan fingerprint density at radius 1 is 1.29 bits per heavy atom. The van der Waals surface area contributed by atoms with Crippen molar-refractivity contribution in [2.75, 3.05) is 19.7 Å². The number of rotatable bonds is 3. The molecule has 24 heavy (non-hydrogen) atoms. The highest BCUT2D eigenvalue weighted by atomic mass is 16.6. The van der Waals surface area contributed by atoms with Crippen LogP contribution in [-0.4, -0.2) is 47.6 Å². The monoisotopic (exact) mass is 327 g/mol. The largest absolute Gasteiger partial charge is 0.450 e. The van der Waals surface area contributed by atoms with Gasteiger partial charge in [0.15, 0.2) is 0 Å². The van der Waals surface area contributed by atoms with E-state index < -0.39 is 0 Å². The van der Waals surface area contributed by atoms with E-state index in [1.54, 1.807) is 18.0 Å². The van der Waals surface area contributed by atoms with Crippen molar-refractivity contribution in [2.45, 2.75) is 25.8 Å². The molecule has 1 aromatic carbocycles. The first-order valence-corrected chi connectivity index (χ1v) is 8.24. The molecule has 1 aliphatic rings. The van der Waals surface area contributed by atoms with Gasteiger partial charge in [-0.05, 0) is 31.9 Å². The molecule has 0 aliphatic carbocycles. The molecule has 1 N–H and O–H groups in total. The lowest BCUT2D eigenvalue weighted by molar-refractivity contribution is 0.0860. The Labute approximate surface area is 140 Å². The minimum absolute atomic E-state index is 0.0645. The molecule has 1 fully saturated rings. The Balaban J connectivity index is 1.58. The van der Waals surface area contributed by atoms with Gasteiger partial charge < -0.3 is 15.0 Å². The third kappa shape index (κ3) is 3.64. The first-order chi connectivity index (χ1) is 11.7. The Morgan fingerprint density at radius 3 is 2.79 bits per heavy atom. The van der Waals surface area contributed by atoms with Gasteiger partial charge in [-0.3, -0.25) is 9.78 Å². The number of benzene rings is 1. The van der Waals surface area contributed by atoms with Crippen LogP contribution in [0, 0.1) is 0 Å². The molecule has 6 heteroatoms. The van der Waals surface area contributed by atoms with Crippen molar-refractivity contribution < 1.29 is 14.3 Å². The molecule has 1 aliphatic heterocycles. The van der Waals surface area contributed by atoms with E-state index in [4.69, 9.17) is 4.74 Å². The molecule has 2 aromatic rings. The summed E-state index contributed by atoms with van der Waals surface area (Å²) in [6.07, 6.45) is 2.78. The maximum Gasteiger partial charge on any atom is 0.409 e. The molecular formula is C18H21N3O3. The molecule has 0 bridgehead atoms. The van der Waals surface area contributed by atoms with E-state index in [1.807, 2.05) is 30.3 Å². The number of fused-ring (bicyclic) bond motifs is 1. The molecule has 0 unspecified atom stereocenters. The van der Waals surface area contributed by atoms with Crippen LogP contribution >= 0.6 is 0 Å². The van der Waals surface area contributed by atoms with Crippen molar-refractivity contribution in [3.8, 4) is 0 Å². The molecule has 1 aromatic heterocycles. The van der Waals surface area contributed by atoms with Gasteiger partial charge >= 0.3 is 6.09 Å². The van der Waals surface area contributed by atoms with E-state index >= 15 is 0 Å². The van der Waals surface area contributed by atoms with Crippen LogP contribution in [0.1, 0.15) is 30.1 Å². The lowest BCUT2D eigenvalue weighted by atomic mass is 10.0. The predicted octanol–water partition coefficient (Wildman–Crippen LogP) is 2.59. The van der Waals surface area contributed by atoms with Gasteiger partial charge in [0.1, 0.15) is 0 Å². The molecule has 126 valence electrons. The average molecular weight is 327 g/mol. The first-order valence-electron chi connectivity index (χ1n) is 8.24. The number of nitrogens with one attached hydrogen (secondary N) is 1. The van der Waals surface area contributed by atoms with Gasteiger partial charge in [0, 0.05) is 30.7 Å². The zero-order chi connectivity index (χ0) is 16.9. The van der Waals surface area contributed by atoms with Crippen molar-refractivity contribution in [3.63, 3.8) is 0 Å². The Morgan fingerprint density at radius 2 is 2.04 bits per heavy atom. The van der Waals surface area contributed by atoms with Crippen LogP contribution in [0.25, 0.3) is 10.9 Å². The van der Waals surface area contributed by atoms with Crippen molar-refractivity contribution in [1.29, 1.82) is 0 Å². The van der Waals surface area contributed by atoms with E-state index in [0.29, 0.717) is 25.3 Å². The zero-order valence-electron chi connectivity index (χ0n) is 13.7. The molecule has 2 amide bonds. The molecule has 1 saturated heterocycles. The molecule has 3 rings (SSSR count). The number of likely N-dealkylation sites (tertiary alicyclic amines) is 1. The average Bonchev–Trinajstić information content (AvgIpc) is 2.62. The second-order valence-electron chi connectivity index (χ2n) is 5.85. The Kier molecular flexibility index (Phi) is 4.93. The van der Waals surface area contributed by atoms with Crippen LogP contribution in [0.5, 0.6) is 0 Å². The van der Waals surface area contributed by atoms with Crippen LogP contribution in [0.3, 0.4) is 0 Å². The van der Waals surface area contributed by atoms with E-state index in [2.05, 4.69) is 10.3 Å². The van der Waals surface area contributed by atoms with Gasteiger partial charge in [0.2, 0.25) is 0 Å². The SMILES string of the molecule is CCOC(=O)N1CCC(NC(=O)c2cnc3ccccc3c2)CC1. The number of para-hydroxylation sites is 1. The third-order valence-corrected chi connectivity index (χ3v) is 4.21. The molecule has 0 saturated carbocycles. The van der Waals surface area contributed by atoms with E-state index in [1.165, 1.54) is 0 Å². The standard InChI is InChI=1S/C18H21N3O3/c1-2-24-18(23)21-9-7-15(8-10-21)20-17(22)14-11-13-5-3-4-6-16(13)19-12-14/h3-6,11-12,15H,2,7-10H2,1H3,(H,20,22). The van der Waals surface area contributed by atoms with Crippen molar-refractivity contribution in [1.82, 2.24) is 15.2 Å². The van der Waals surface area contributed by atoms with Crippen molar-refractivity contribution >= 4 is 22.9 Å². The van der Waals surface area contributed by atoms with Gasteiger partial charge in [-0.15, -0.1) is 0 Å².